The lowest BCUT2D eigenvalue weighted by molar-refractivity contribution is -0.154. The minimum atomic E-state index is -1.49. The lowest BCUT2D eigenvalue weighted by Crippen LogP contribution is -2.25. The second kappa shape index (κ2) is 12.8. The van der Waals surface area contributed by atoms with Gasteiger partial charge in [0.25, 0.3) is 5.91 Å². The summed E-state index contributed by atoms with van der Waals surface area (Å²) in [6, 6.07) is 7.77. The third kappa shape index (κ3) is 7.38. The van der Waals surface area contributed by atoms with Gasteiger partial charge in [-0.05, 0) is 69.2 Å². The zero-order chi connectivity index (χ0) is 32.9. The molecule has 0 spiro atoms. The van der Waals surface area contributed by atoms with E-state index in [1.54, 1.807) is 27.7 Å². The predicted octanol–water partition coefficient (Wildman–Crippen LogP) is 9.55. The Hall–Kier alpha value is -2.33. The number of hydrogen-bond acceptors (Lipinski definition) is 4. The highest BCUT2D eigenvalue weighted by molar-refractivity contribution is 6.54. The number of ether oxygens (including phenoxy) is 1. The number of carbonyl (C=O) groups is 3. The standard InChI is InChI=1S/C30H24Cl6F2N2O4/c1-12-7-15(39-28(43)22-21(30(22,35)36)14-8-17(31)24(34)18(32)9-14)11-16(23(12)33)27(42)40-26-19(37)6-5-13(25(26)38)10-20(41)44-29(2,3)4/h5-9,11,21-22H,10H2,1-4H3,(H,39,43)(H,40,42)/t21-,22+/m0/s1. The third-order valence-electron chi connectivity index (χ3n) is 6.63. The first-order chi connectivity index (χ1) is 20.3. The monoisotopic (exact) mass is 724 g/mol. The highest BCUT2D eigenvalue weighted by atomic mass is 35.5. The number of alkyl halides is 2. The molecule has 1 saturated carbocycles. The van der Waals surface area contributed by atoms with Crippen LogP contribution < -0.4 is 10.6 Å². The SMILES string of the molecule is Cc1cc(NC(=O)[C@H]2[C@H](c3cc(Cl)c(Cl)c(Cl)c3)C2(Cl)Cl)cc(C(=O)Nc2c(F)ccc(CC(=O)OC(C)(C)C)c2F)c1Cl. The van der Waals surface area contributed by atoms with E-state index in [0.717, 1.165) is 12.1 Å². The number of rotatable bonds is 7. The van der Waals surface area contributed by atoms with Gasteiger partial charge in [0.15, 0.2) is 5.82 Å². The molecule has 234 valence electrons. The molecule has 0 heterocycles. The Labute approximate surface area is 282 Å². The number of nitrogens with one attached hydrogen (secondary N) is 2. The summed E-state index contributed by atoms with van der Waals surface area (Å²) in [5, 5.41) is 5.29. The molecule has 0 aliphatic heterocycles. The van der Waals surface area contributed by atoms with Crippen molar-refractivity contribution in [3.8, 4) is 0 Å². The number of benzene rings is 3. The van der Waals surface area contributed by atoms with E-state index >= 15 is 4.39 Å². The summed E-state index contributed by atoms with van der Waals surface area (Å²) in [6.45, 7) is 6.52. The first kappa shape index (κ1) is 34.5. The molecule has 1 fully saturated rings. The molecule has 0 saturated heterocycles. The third-order valence-corrected chi connectivity index (χ3v) is 9.27. The Balaban J connectivity index is 1.55. The van der Waals surface area contributed by atoms with Gasteiger partial charge in [0.1, 0.15) is 21.4 Å². The van der Waals surface area contributed by atoms with Crippen LogP contribution >= 0.6 is 69.6 Å². The molecular weight excluding hydrogens is 703 g/mol. The van der Waals surface area contributed by atoms with Crippen LogP contribution in [0.1, 0.15) is 53.7 Å². The van der Waals surface area contributed by atoms with Crippen LogP contribution in [-0.4, -0.2) is 27.7 Å². The highest BCUT2D eigenvalue weighted by Crippen LogP contribution is 2.65. The lowest BCUT2D eigenvalue weighted by atomic mass is 10.1. The Kier molecular flexibility index (Phi) is 10.1. The van der Waals surface area contributed by atoms with Crippen LogP contribution in [0.3, 0.4) is 0 Å². The first-order valence-electron chi connectivity index (χ1n) is 12.9. The number of hydrogen-bond donors (Lipinski definition) is 2. The summed E-state index contributed by atoms with van der Waals surface area (Å²) in [7, 11) is 0. The van der Waals surface area contributed by atoms with E-state index in [4.69, 9.17) is 74.3 Å². The number of halogens is 8. The second-order valence-electron chi connectivity index (χ2n) is 11.2. The van der Waals surface area contributed by atoms with Gasteiger partial charge < -0.3 is 15.4 Å². The molecule has 44 heavy (non-hydrogen) atoms. The quantitative estimate of drug-likeness (QED) is 0.144. The number of aryl methyl sites for hydroxylation is 1. The molecule has 2 amide bonds. The number of amides is 2. The average molecular weight is 727 g/mol. The van der Waals surface area contributed by atoms with E-state index in [1.807, 2.05) is 0 Å². The molecule has 6 nitrogen and oxygen atoms in total. The number of esters is 1. The molecule has 0 radical (unpaired) electrons. The molecule has 3 aromatic carbocycles. The largest absolute Gasteiger partial charge is 0.460 e. The van der Waals surface area contributed by atoms with Gasteiger partial charge in [-0.3, -0.25) is 14.4 Å². The van der Waals surface area contributed by atoms with Crippen molar-refractivity contribution in [2.45, 2.75) is 50.0 Å². The normalized spacial score (nSPS) is 17.2. The second-order valence-corrected chi connectivity index (χ2v) is 14.2. The van der Waals surface area contributed by atoms with E-state index in [2.05, 4.69) is 10.6 Å². The maximum absolute atomic E-state index is 15.2. The summed E-state index contributed by atoms with van der Waals surface area (Å²) >= 11 is 37.5. The molecule has 1 aliphatic carbocycles. The fraction of sp³-hybridized carbons (Fsp3) is 0.300. The molecular formula is C30H24Cl6F2N2O4. The van der Waals surface area contributed by atoms with Crippen molar-refractivity contribution >= 4 is 98.8 Å². The Morgan fingerprint density at radius 2 is 1.55 bits per heavy atom. The van der Waals surface area contributed by atoms with E-state index in [1.165, 1.54) is 24.3 Å². The highest BCUT2D eigenvalue weighted by Gasteiger charge is 2.67. The smallest absolute Gasteiger partial charge is 0.310 e. The van der Waals surface area contributed by atoms with Gasteiger partial charge in [0.05, 0.1) is 38.0 Å². The van der Waals surface area contributed by atoms with Crippen molar-refractivity contribution in [3.05, 3.63) is 90.4 Å². The van der Waals surface area contributed by atoms with Gasteiger partial charge in [0.2, 0.25) is 5.91 Å². The van der Waals surface area contributed by atoms with Crippen LogP contribution in [0.25, 0.3) is 0 Å². The molecule has 0 unspecified atom stereocenters. The zero-order valence-corrected chi connectivity index (χ0v) is 28.0. The molecule has 14 heteroatoms. The van der Waals surface area contributed by atoms with Crippen LogP contribution in [0.15, 0.2) is 36.4 Å². The molecule has 1 aliphatic rings. The van der Waals surface area contributed by atoms with Gasteiger partial charge >= 0.3 is 5.97 Å². The van der Waals surface area contributed by atoms with Gasteiger partial charge in [-0.2, -0.15) is 0 Å². The van der Waals surface area contributed by atoms with Crippen molar-refractivity contribution < 1.29 is 27.9 Å². The summed E-state index contributed by atoms with van der Waals surface area (Å²) in [5.41, 5.74) is -0.956. The topological polar surface area (TPSA) is 84.5 Å². The molecule has 4 rings (SSSR count). The van der Waals surface area contributed by atoms with Gasteiger partial charge in [-0.1, -0.05) is 52.5 Å². The molecule has 3 aromatic rings. The van der Waals surface area contributed by atoms with Crippen molar-refractivity contribution in [2.75, 3.05) is 10.6 Å². The molecule has 0 aromatic heterocycles. The summed E-state index contributed by atoms with van der Waals surface area (Å²) in [4.78, 5) is 38.7. The summed E-state index contributed by atoms with van der Waals surface area (Å²) in [5.74, 6) is -6.12. The molecule has 2 atom stereocenters. The van der Waals surface area contributed by atoms with Crippen molar-refractivity contribution in [3.63, 3.8) is 0 Å². The summed E-state index contributed by atoms with van der Waals surface area (Å²) < 4.78 is 33.6. The zero-order valence-electron chi connectivity index (χ0n) is 23.5. The van der Waals surface area contributed by atoms with E-state index < -0.39 is 63.3 Å². The van der Waals surface area contributed by atoms with Gasteiger partial charge in [-0.15, -0.1) is 23.2 Å². The lowest BCUT2D eigenvalue weighted by Gasteiger charge is -2.20. The Morgan fingerprint density at radius 3 is 2.14 bits per heavy atom. The Morgan fingerprint density at radius 1 is 0.932 bits per heavy atom. The van der Waals surface area contributed by atoms with Gasteiger partial charge in [-0.25, -0.2) is 8.78 Å². The molecule has 2 N–H and O–H groups in total. The number of carbonyl (C=O) groups excluding carboxylic acids is 3. The Bertz CT molecular complexity index is 1670. The maximum Gasteiger partial charge on any atom is 0.310 e. The fourth-order valence-corrected chi connectivity index (χ4v) is 6.25. The summed E-state index contributed by atoms with van der Waals surface area (Å²) in [6.07, 6.45) is -0.493. The minimum Gasteiger partial charge on any atom is -0.460 e. The van der Waals surface area contributed by atoms with Crippen LogP contribution in [0, 0.1) is 24.5 Å². The molecule has 0 bridgehead atoms. The van der Waals surface area contributed by atoms with Crippen molar-refractivity contribution in [1.82, 2.24) is 0 Å². The maximum atomic E-state index is 15.2. The van der Waals surface area contributed by atoms with Crippen molar-refractivity contribution in [2.24, 2.45) is 5.92 Å². The van der Waals surface area contributed by atoms with Crippen LogP contribution in [0.2, 0.25) is 20.1 Å². The van der Waals surface area contributed by atoms with Crippen LogP contribution in [0.4, 0.5) is 20.2 Å². The van der Waals surface area contributed by atoms with Crippen LogP contribution in [-0.2, 0) is 20.7 Å². The number of anilines is 2. The predicted molar refractivity (Wildman–Crippen MR) is 171 cm³/mol. The minimum absolute atomic E-state index is 0.0231. The average Bonchev–Trinajstić information content (AvgIpc) is 3.49. The van der Waals surface area contributed by atoms with Crippen molar-refractivity contribution in [1.29, 1.82) is 0 Å². The van der Waals surface area contributed by atoms with Crippen LogP contribution in [0.5, 0.6) is 0 Å². The fourth-order valence-electron chi connectivity index (χ4n) is 4.61. The van der Waals surface area contributed by atoms with E-state index in [-0.39, 0.29) is 36.9 Å². The van der Waals surface area contributed by atoms with E-state index in [9.17, 15) is 18.8 Å². The van der Waals surface area contributed by atoms with E-state index in [0.29, 0.717) is 11.1 Å². The first-order valence-corrected chi connectivity index (χ1v) is 15.2. The van der Waals surface area contributed by atoms with Gasteiger partial charge in [0, 0.05) is 17.2 Å².